The van der Waals surface area contributed by atoms with Gasteiger partial charge in [-0.1, -0.05) is 11.6 Å². The number of aromatic nitrogens is 1. The number of hydrogen-bond acceptors (Lipinski definition) is 3. The Morgan fingerprint density at radius 2 is 2.25 bits per heavy atom. The maximum absolute atomic E-state index is 5.85. The van der Waals surface area contributed by atoms with Gasteiger partial charge in [0, 0.05) is 13.1 Å². The molecular formula is C8H11ClN2O. The monoisotopic (exact) mass is 186 g/mol. The normalized spacial score (nSPS) is 9.67. The molecule has 3 nitrogen and oxygen atoms in total. The van der Waals surface area contributed by atoms with Crippen molar-refractivity contribution in [2.45, 2.75) is 6.92 Å². The van der Waals surface area contributed by atoms with Gasteiger partial charge >= 0.3 is 0 Å². The minimum absolute atomic E-state index is 0.617. The van der Waals surface area contributed by atoms with Crippen LogP contribution in [0.2, 0.25) is 5.02 Å². The number of aryl methyl sites for hydroxylation is 1. The van der Waals surface area contributed by atoms with Gasteiger partial charge in [-0.3, -0.25) is 0 Å². The zero-order valence-corrected chi connectivity index (χ0v) is 8.07. The third kappa shape index (κ3) is 1.61. The van der Waals surface area contributed by atoms with Crippen molar-refractivity contribution in [1.29, 1.82) is 0 Å². The molecule has 0 aromatic carbocycles. The molecule has 1 rings (SSSR count). The summed E-state index contributed by atoms with van der Waals surface area (Å²) in [6.07, 6.45) is 0. The number of nitrogens with one attached hydrogen (secondary N) is 1. The van der Waals surface area contributed by atoms with Crippen LogP contribution in [-0.2, 0) is 0 Å². The highest BCUT2D eigenvalue weighted by molar-refractivity contribution is 6.31. The van der Waals surface area contributed by atoms with E-state index in [1.165, 1.54) is 0 Å². The molecule has 0 spiro atoms. The van der Waals surface area contributed by atoms with Crippen molar-refractivity contribution < 1.29 is 4.74 Å². The van der Waals surface area contributed by atoms with Crippen molar-refractivity contribution in [2.75, 3.05) is 19.5 Å². The van der Waals surface area contributed by atoms with E-state index in [9.17, 15) is 0 Å². The van der Waals surface area contributed by atoms with E-state index < -0.39 is 0 Å². The number of pyridine rings is 1. The summed E-state index contributed by atoms with van der Waals surface area (Å²) < 4.78 is 5.06. The van der Waals surface area contributed by atoms with Crippen LogP contribution in [0.4, 0.5) is 5.82 Å². The maximum atomic E-state index is 5.85. The lowest BCUT2D eigenvalue weighted by Crippen LogP contribution is -1.98. The molecule has 4 heteroatoms. The van der Waals surface area contributed by atoms with E-state index in [4.69, 9.17) is 16.3 Å². The van der Waals surface area contributed by atoms with Crippen molar-refractivity contribution in [3.63, 3.8) is 0 Å². The first-order chi connectivity index (χ1) is 5.69. The largest absolute Gasteiger partial charge is 0.493 e. The molecule has 1 aromatic rings. The van der Waals surface area contributed by atoms with E-state index in [0.29, 0.717) is 16.6 Å². The predicted molar refractivity (Wildman–Crippen MR) is 50.1 cm³/mol. The third-order valence-electron chi connectivity index (χ3n) is 1.57. The smallest absolute Gasteiger partial charge is 0.168 e. The molecule has 0 fully saturated rings. The average Bonchev–Trinajstić information content (AvgIpc) is 2.09. The number of methoxy groups -OCH3 is 1. The van der Waals surface area contributed by atoms with Crippen molar-refractivity contribution in [3.8, 4) is 5.75 Å². The van der Waals surface area contributed by atoms with Crippen molar-refractivity contribution in [3.05, 3.63) is 16.8 Å². The molecule has 0 aliphatic carbocycles. The van der Waals surface area contributed by atoms with Gasteiger partial charge in [-0.25, -0.2) is 4.98 Å². The molecule has 1 aromatic heterocycles. The lowest BCUT2D eigenvalue weighted by Gasteiger charge is -2.08. The van der Waals surface area contributed by atoms with Crippen LogP contribution in [0.1, 0.15) is 5.69 Å². The Morgan fingerprint density at radius 3 is 2.75 bits per heavy atom. The Balaban J connectivity index is 3.19. The quantitative estimate of drug-likeness (QED) is 0.768. The van der Waals surface area contributed by atoms with Gasteiger partial charge in [0.1, 0.15) is 0 Å². The molecule has 0 aliphatic rings. The minimum atomic E-state index is 0.617. The molecule has 0 radical (unpaired) electrons. The fourth-order valence-electron chi connectivity index (χ4n) is 0.899. The molecule has 0 saturated carbocycles. The summed E-state index contributed by atoms with van der Waals surface area (Å²) >= 11 is 5.85. The highest BCUT2D eigenvalue weighted by Gasteiger charge is 2.05. The van der Waals surface area contributed by atoms with Crippen molar-refractivity contribution in [1.82, 2.24) is 4.98 Å². The van der Waals surface area contributed by atoms with Gasteiger partial charge in [0.25, 0.3) is 0 Å². The van der Waals surface area contributed by atoms with Crippen LogP contribution < -0.4 is 10.1 Å². The first-order valence-corrected chi connectivity index (χ1v) is 3.95. The Bertz CT molecular complexity index is 260. The SMILES string of the molecule is CNc1nc(C)c(Cl)cc1OC. The molecule has 0 atom stereocenters. The summed E-state index contributed by atoms with van der Waals surface area (Å²) in [6.45, 7) is 1.85. The standard InChI is InChI=1S/C8H11ClN2O/c1-5-6(9)4-7(12-3)8(10-2)11-5/h4H,1-3H3,(H,10,11). The summed E-state index contributed by atoms with van der Waals surface area (Å²) in [4.78, 5) is 4.19. The summed E-state index contributed by atoms with van der Waals surface area (Å²) in [5.74, 6) is 1.37. The number of nitrogens with zero attached hydrogens (tertiary/aromatic N) is 1. The van der Waals surface area contributed by atoms with Crippen LogP contribution in [0.5, 0.6) is 5.75 Å². The van der Waals surface area contributed by atoms with Crippen LogP contribution in [0.25, 0.3) is 0 Å². The van der Waals surface area contributed by atoms with Gasteiger partial charge in [-0.2, -0.15) is 0 Å². The number of halogens is 1. The predicted octanol–water partition coefficient (Wildman–Crippen LogP) is 2.09. The molecule has 0 amide bonds. The molecule has 1 N–H and O–H groups in total. The fraction of sp³-hybridized carbons (Fsp3) is 0.375. The molecule has 0 saturated heterocycles. The second kappa shape index (κ2) is 3.63. The van der Waals surface area contributed by atoms with E-state index >= 15 is 0 Å². The minimum Gasteiger partial charge on any atom is -0.493 e. The van der Waals surface area contributed by atoms with E-state index in [0.717, 1.165) is 5.69 Å². The van der Waals surface area contributed by atoms with Crippen LogP contribution >= 0.6 is 11.6 Å². The first kappa shape index (κ1) is 9.13. The van der Waals surface area contributed by atoms with Crippen LogP contribution in [-0.4, -0.2) is 19.1 Å². The Hall–Kier alpha value is -0.960. The summed E-state index contributed by atoms with van der Waals surface area (Å²) in [7, 11) is 3.38. The van der Waals surface area contributed by atoms with E-state index in [-0.39, 0.29) is 0 Å². The van der Waals surface area contributed by atoms with Crippen LogP contribution in [0.15, 0.2) is 6.07 Å². The number of ether oxygens (including phenoxy) is 1. The number of anilines is 1. The zero-order valence-electron chi connectivity index (χ0n) is 7.31. The third-order valence-corrected chi connectivity index (χ3v) is 1.96. The lowest BCUT2D eigenvalue weighted by molar-refractivity contribution is 0.415. The van der Waals surface area contributed by atoms with Gasteiger partial charge < -0.3 is 10.1 Å². The van der Waals surface area contributed by atoms with Crippen LogP contribution in [0.3, 0.4) is 0 Å². The maximum Gasteiger partial charge on any atom is 0.168 e. The van der Waals surface area contributed by atoms with Gasteiger partial charge in [0.2, 0.25) is 0 Å². The number of hydrogen-bond donors (Lipinski definition) is 1. The van der Waals surface area contributed by atoms with Gasteiger partial charge in [-0.05, 0) is 6.92 Å². The highest BCUT2D eigenvalue weighted by Crippen LogP contribution is 2.26. The van der Waals surface area contributed by atoms with Gasteiger partial charge in [0.15, 0.2) is 11.6 Å². The van der Waals surface area contributed by atoms with Crippen LogP contribution in [0, 0.1) is 6.92 Å². The molecule has 0 aliphatic heterocycles. The van der Waals surface area contributed by atoms with E-state index in [2.05, 4.69) is 10.3 Å². The Kier molecular flexibility index (Phi) is 2.76. The molecule has 66 valence electrons. The van der Waals surface area contributed by atoms with Gasteiger partial charge in [-0.15, -0.1) is 0 Å². The molecule has 0 bridgehead atoms. The Labute approximate surface area is 76.7 Å². The Morgan fingerprint density at radius 1 is 1.58 bits per heavy atom. The molecule has 1 heterocycles. The molecular weight excluding hydrogens is 176 g/mol. The fourth-order valence-corrected chi connectivity index (χ4v) is 1.04. The lowest BCUT2D eigenvalue weighted by atomic mass is 10.3. The summed E-state index contributed by atoms with van der Waals surface area (Å²) in [6, 6.07) is 1.75. The van der Waals surface area contributed by atoms with Crippen molar-refractivity contribution in [2.24, 2.45) is 0 Å². The summed E-state index contributed by atoms with van der Waals surface area (Å²) in [5, 5.41) is 3.54. The van der Waals surface area contributed by atoms with E-state index in [1.54, 1.807) is 20.2 Å². The molecule has 0 unspecified atom stereocenters. The molecule has 12 heavy (non-hydrogen) atoms. The second-order valence-electron chi connectivity index (χ2n) is 2.36. The highest BCUT2D eigenvalue weighted by atomic mass is 35.5. The van der Waals surface area contributed by atoms with E-state index in [1.807, 2.05) is 6.92 Å². The number of rotatable bonds is 2. The van der Waals surface area contributed by atoms with Crippen molar-refractivity contribution >= 4 is 17.4 Å². The average molecular weight is 187 g/mol. The zero-order chi connectivity index (χ0) is 9.14. The van der Waals surface area contributed by atoms with Gasteiger partial charge in [0.05, 0.1) is 17.8 Å². The second-order valence-corrected chi connectivity index (χ2v) is 2.76. The topological polar surface area (TPSA) is 34.2 Å². The summed E-state index contributed by atoms with van der Waals surface area (Å²) in [5.41, 5.74) is 0.793. The first-order valence-electron chi connectivity index (χ1n) is 3.58.